The molecule has 0 unspecified atom stereocenters. The molecule has 0 aliphatic heterocycles. The first-order chi connectivity index (χ1) is 21.0. The van der Waals surface area contributed by atoms with Gasteiger partial charge in [0.2, 0.25) is 6.33 Å². The van der Waals surface area contributed by atoms with Gasteiger partial charge in [-0.15, -0.1) is 0 Å². The van der Waals surface area contributed by atoms with E-state index in [1.54, 1.807) is 60.7 Å². The van der Waals surface area contributed by atoms with Crippen LogP contribution < -0.4 is 4.57 Å². The third-order valence-electron chi connectivity index (χ3n) is 8.46. The number of carbonyl (C=O) groups excluding carboxylic acids is 4. The summed E-state index contributed by atoms with van der Waals surface area (Å²) in [4.78, 5) is 52.7. The molecule has 6 heteroatoms. The van der Waals surface area contributed by atoms with E-state index in [9.17, 15) is 19.2 Å². The van der Waals surface area contributed by atoms with Crippen LogP contribution in [0.1, 0.15) is 74.8 Å². The first-order valence-corrected chi connectivity index (χ1v) is 14.1. The molecule has 2 aliphatic rings. The normalized spacial score (nSPS) is 13.5. The Morgan fingerprint density at radius 1 is 0.465 bits per heavy atom. The van der Waals surface area contributed by atoms with Crippen molar-refractivity contribution in [1.29, 1.82) is 0 Å². The van der Waals surface area contributed by atoms with E-state index in [4.69, 9.17) is 0 Å². The molecule has 0 fully saturated rings. The number of hydrogen-bond donors (Lipinski definition) is 0. The molecule has 0 N–H and O–H groups in total. The lowest BCUT2D eigenvalue weighted by Gasteiger charge is -2.17. The monoisotopic (exact) mass is 559 g/mol. The van der Waals surface area contributed by atoms with Gasteiger partial charge in [-0.3, -0.25) is 19.2 Å². The first kappa shape index (κ1) is 25.0. The minimum atomic E-state index is -0.137. The van der Waals surface area contributed by atoms with Crippen molar-refractivity contribution in [3.05, 3.63) is 171 Å². The number of imidazole rings is 1. The summed E-state index contributed by atoms with van der Waals surface area (Å²) < 4.78 is 4.23. The topological polar surface area (TPSA) is 77.1 Å². The summed E-state index contributed by atoms with van der Waals surface area (Å²) in [6, 6.07) is 32.9. The van der Waals surface area contributed by atoms with Gasteiger partial charge in [0.1, 0.15) is 13.1 Å². The number of nitrogens with zero attached hydrogens (tertiary/aromatic N) is 2. The summed E-state index contributed by atoms with van der Waals surface area (Å²) in [5, 5.41) is 0. The predicted octanol–water partition coefficient (Wildman–Crippen LogP) is 5.58. The van der Waals surface area contributed by atoms with Crippen LogP contribution in [0, 0.1) is 0 Å². The van der Waals surface area contributed by atoms with Crippen LogP contribution in [0.15, 0.2) is 116 Å². The van der Waals surface area contributed by atoms with Crippen LogP contribution in [0.4, 0.5) is 0 Å². The Morgan fingerprint density at radius 2 is 0.907 bits per heavy atom. The highest BCUT2D eigenvalue weighted by atomic mass is 16.1. The smallest absolute Gasteiger partial charge is 0.245 e. The van der Waals surface area contributed by atoms with Gasteiger partial charge >= 0.3 is 0 Å². The standard InChI is InChI=1S/C37H23N2O4/c40-34-24-7-1-3-9-26(24)36(42)30-17-22(13-15-28(30)34)19-38-21-39(33-12-6-5-11-32(33)38)20-23-14-16-29-31(18-23)37(43)27-10-4-2-8-25(27)35(29)41/h1-18,21H,19-20H2/q+1. The van der Waals surface area contributed by atoms with Crippen LogP contribution >= 0.6 is 0 Å². The zero-order valence-electron chi connectivity index (χ0n) is 22.9. The number of para-hydroxylation sites is 2. The quantitative estimate of drug-likeness (QED) is 0.264. The molecule has 0 saturated heterocycles. The summed E-state index contributed by atoms with van der Waals surface area (Å²) >= 11 is 0. The molecule has 204 valence electrons. The highest BCUT2D eigenvalue weighted by Gasteiger charge is 2.31. The van der Waals surface area contributed by atoms with Gasteiger partial charge in [-0.25, -0.2) is 9.13 Å². The van der Waals surface area contributed by atoms with Gasteiger partial charge in [-0.05, 0) is 47.5 Å². The van der Waals surface area contributed by atoms with E-state index in [1.807, 2.05) is 54.9 Å². The second-order valence-electron chi connectivity index (χ2n) is 11.0. The fourth-order valence-electron chi connectivity index (χ4n) is 6.38. The molecule has 0 spiro atoms. The molecule has 43 heavy (non-hydrogen) atoms. The van der Waals surface area contributed by atoms with Crippen molar-refractivity contribution >= 4 is 34.2 Å². The van der Waals surface area contributed by atoms with Crippen molar-refractivity contribution in [1.82, 2.24) is 4.57 Å². The number of aromatic nitrogens is 2. The zero-order chi connectivity index (χ0) is 29.2. The van der Waals surface area contributed by atoms with Gasteiger partial charge in [-0.2, -0.15) is 0 Å². The van der Waals surface area contributed by atoms with E-state index in [2.05, 4.69) is 9.13 Å². The van der Waals surface area contributed by atoms with Crippen LogP contribution in [0.25, 0.3) is 11.0 Å². The van der Waals surface area contributed by atoms with Crippen molar-refractivity contribution < 1.29 is 23.7 Å². The van der Waals surface area contributed by atoms with Crippen molar-refractivity contribution in [2.45, 2.75) is 13.1 Å². The summed E-state index contributed by atoms with van der Waals surface area (Å²) in [5.74, 6) is -0.533. The van der Waals surface area contributed by atoms with E-state index >= 15 is 0 Å². The molecular formula is C37H23N2O4+. The van der Waals surface area contributed by atoms with Gasteiger partial charge in [0.15, 0.2) is 34.2 Å². The molecule has 1 aromatic heterocycles. The van der Waals surface area contributed by atoms with Crippen LogP contribution in [0.5, 0.6) is 0 Å². The third kappa shape index (κ3) is 3.84. The van der Waals surface area contributed by atoms with E-state index < -0.39 is 0 Å². The minimum Gasteiger partial charge on any atom is -0.289 e. The third-order valence-corrected chi connectivity index (χ3v) is 8.46. The number of carbonyl (C=O) groups is 4. The van der Waals surface area contributed by atoms with Crippen molar-refractivity contribution in [2.24, 2.45) is 0 Å². The summed E-state index contributed by atoms with van der Waals surface area (Å²) in [6.45, 7) is 0.996. The minimum absolute atomic E-state index is 0.130. The van der Waals surface area contributed by atoms with Gasteiger partial charge < -0.3 is 0 Å². The van der Waals surface area contributed by atoms with Crippen LogP contribution in [-0.4, -0.2) is 27.7 Å². The summed E-state index contributed by atoms with van der Waals surface area (Å²) in [6.07, 6.45) is 2.02. The molecule has 5 aromatic carbocycles. The van der Waals surface area contributed by atoms with E-state index in [-0.39, 0.29) is 23.1 Å². The maximum absolute atomic E-state index is 13.3. The highest BCUT2D eigenvalue weighted by molar-refractivity contribution is 6.29. The molecule has 1 heterocycles. The van der Waals surface area contributed by atoms with Gasteiger partial charge in [0.25, 0.3) is 0 Å². The number of rotatable bonds is 4. The number of benzene rings is 5. The molecule has 0 amide bonds. The second-order valence-corrected chi connectivity index (χ2v) is 11.0. The summed E-state index contributed by atoms with van der Waals surface area (Å²) in [7, 11) is 0. The molecule has 0 radical (unpaired) electrons. The molecule has 0 bridgehead atoms. The van der Waals surface area contributed by atoms with Crippen molar-refractivity contribution in [3.63, 3.8) is 0 Å². The van der Waals surface area contributed by atoms with Gasteiger partial charge in [-0.1, -0.05) is 72.8 Å². The second kappa shape index (κ2) is 9.39. The van der Waals surface area contributed by atoms with Crippen LogP contribution in [0.3, 0.4) is 0 Å². The molecule has 2 aliphatic carbocycles. The Kier molecular flexibility index (Phi) is 5.46. The lowest BCUT2D eigenvalue weighted by molar-refractivity contribution is -0.663. The Hall–Kier alpha value is -5.75. The summed E-state index contributed by atoms with van der Waals surface area (Å²) in [5.41, 5.74) is 7.33. The average molecular weight is 560 g/mol. The van der Waals surface area contributed by atoms with Crippen molar-refractivity contribution in [2.75, 3.05) is 0 Å². The number of hydrogen-bond acceptors (Lipinski definition) is 4. The van der Waals surface area contributed by atoms with E-state index in [1.165, 1.54) is 0 Å². The fourth-order valence-corrected chi connectivity index (χ4v) is 6.38. The highest BCUT2D eigenvalue weighted by Crippen LogP contribution is 2.30. The van der Waals surface area contributed by atoms with Crippen molar-refractivity contribution in [3.8, 4) is 0 Å². The first-order valence-electron chi connectivity index (χ1n) is 14.1. The van der Waals surface area contributed by atoms with Gasteiger partial charge in [0.05, 0.1) is 0 Å². The Labute approximate surface area is 246 Å². The molecule has 6 nitrogen and oxygen atoms in total. The van der Waals surface area contributed by atoms with E-state index in [0.29, 0.717) is 57.6 Å². The van der Waals surface area contributed by atoms with E-state index in [0.717, 1.165) is 22.2 Å². The molecule has 6 aromatic rings. The molecule has 8 rings (SSSR count). The Balaban J connectivity index is 1.13. The molecule has 0 atom stereocenters. The number of ketones is 4. The van der Waals surface area contributed by atoms with Crippen LogP contribution in [-0.2, 0) is 13.1 Å². The maximum atomic E-state index is 13.3. The Morgan fingerprint density at radius 3 is 1.49 bits per heavy atom. The number of fused-ring (bicyclic) bond motifs is 5. The largest absolute Gasteiger partial charge is 0.289 e. The predicted molar refractivity (Wildman–Crippen MR) is 160 cm³/mol. The zero-order valence-corrected chi connectivity index (χ0v) is 22.9. The fraction of sp³-hybridized carbons (Fsp3) is 0.0541. The Bertz CT molecular complexity index is 2070. The van der Waals surface area contributed by atoms with Crippen LogP contribution in [0.2, 0.25) is 0 Å². The SMILES string of the molecule is O=C1c2ccccc2C(=O)c2cc(Cn3c[n+](Cc4ccc5c(c4)C(=O)c4ccccc4C5=O)c4ccccc43)ccc21. The molecule has 0 saturated carbocycles. The lowest BCUT2D eigenvalue weighted by Crippen LogP contribution is -2.33. The molecular weight excluding hydrogens is 536 g/mol. The lowest BCUT2D eigenvalue weighted by atomic mass is 9.83. The average Bonchev–Trinajstić information content (AvgIpc) is 3.39. The maximum Gasteiger partial charge on any atom is 0.245 e. The van der Waals surface area contributed by atoms with Gasteiger partial charge in [0, 0.05) is 44.5 Å².